The minimum atomic E-state index is -0.444. The van der Waals surface area contributed by atoms with Gasteiger partial charge in [0.1, 0.15) is 5.82 Å². The van der Waals surface area contributed by atoms with Crippen molar-refractivity contribution in [1.82, 2.24) is 10.6 Å². The Balaban J connectivity index is 0.00000261. The normalized spacial score (nSPS) is 17.7. The summed E-state index contributed by atoms with van der Waals surface area (Å²) < 4.78 is 19.1. The predicted octanol–water partition coefficient (Wildman–Crippen LogP) is 3.79. The van der Waals surface area contributed by atoms with Crippen LogP contribution in [0.3, 0.4) is 0 Å². The Kier molecular flexibility index (Phi) is 8.05. The van der Waals surface area contributed by atoms with Crippen LogP contribution < -0.4 is 10.6 Å². The van der Waals surface area contributed by atoms with Gasteiger partial charge in [-0.15, -0.1) is 12.4 Å². The highest BCUT2D eigenvalue weighted by atomic mass is 35.5. The number of aryl methyl sites for hydroxylation is 1. The molecule has 2 atom stereocenters. The summed E-state index contributed by atoms with van der Waals surface area (Å²) in [5.41, 5.74) is 2.09. The molecule has 2 N–H and O–H groups in total. The van der Waals surface area contributed by atoms with Crippen LogP contribution in [0.15, 0.2) is 42.5 Å². The Morgan fingerprint density at radius 3 is 2.81 bits per heavy atom. The molecule has 0 spiro atoms. The highest BCUT2D eigenvalue weighted by Gasteiger charge is 2.23. The summed E-state index contributed by atoms with van der Waals surface area (Å²) in [6.45, 7) is 3.62. The minimum Gasteiger partial charge on any atom is -0.378 e. The molecular formula is C20H23Cl2FN2O2. The summed E-state index contributed by atoms with van der Waals surface area (Å²) in [5, 5.41) is 6.87. The summed E-state index contributed by atoms with van der Waals surface area (Å²) in [7, 11) is 0. The first-order valence-corrected chi connectivity index (χ1v) is 9.03. The van der Waals surface area contributed by atoms with Crippen LogP contribution in [0, 0.1) is 12.7 Å². The van der Waals surface area contributed by atoms with Crippen molar-refractivity contribution >= 4 is 29.9 Å². The number of hydrogen-bond acceptors (Lipinski definition) is 3. The summed E-state index contributed by atoms with van der Waals surface area (Å²) in [4.78, 5) is 12.6. The molecule has 0 radical (unpaired) electrons. The maximum absolute atomic E-state index is 13.7. The Labute approximate surface area is 169 Å². The molecule has 0 bridgehead atoms. The van der Waals surface area contributed by atoms with Crippen LogP contribution in [0.25, 0.3) is 0 Å². The lowest BCUT2D eigenvalue weighted by atomic mass is 9.96. The lowest BCUT2D eigenvalue weighted by molar-refractivity contribution is -0.122. The SMILES string of the molecule is Cc1cc(C(NC(=O)CC2COCCN2)c2ccccc2Cl)ccc1F.Cl. The number of rotatable bonds is 5. The molecule has 1 fully saturated rings. The number of carbonyl (C=O) groups excluding carboxylic acids is 1. The van der Waals surface area contributed by atoms with Crippen LogP contribution in [-0.4, -0.2) is 31.7 Å². The number of amides is 1. The Bertz CT molecular complexity index is 782. The molecule has 1 aliphatic heterocycles. The molecule has 0 saturated carbocycles. The van der Waals surface area contributed by atoms with E-state index in [-0.39, 0.29) is 30.2 Å². The molecule has 2 unspecified atom stereocenters. The zero-order valence-electron chi connectivity index (χ0n) is 15.0. The second kappa shape index (κ2) is 10.0. The van der Waals surface area contributed by atoms with Gasteiger partial charge in [-0.3, -0.25) is 4.79 Å². The lowest BCUT2D eigenvalue weighted by Crippen LogP contribution is -2.44. The second-order valence-corrected chi connectivity index (χ2v) is 6.87. The lowest BCUT2D eigenvalue weighted by Gasteiger charge is -2.26. The maximum atomic E-state index is 13.7. The van der Waals surface area contributed by atoms with E-state index in [2.05, 4.69) is 10.6 Å². The number of morpholine rings is 1. The molecule has 0 aromatic heterocycles. The third-order valence-electron chi connectivity index (χ3n) is 4.47. The van der Waals surface area contributed by atoms with E-state index in [1.807, 2.05) is 18.2 Å². The van der Waals surface area contributed by atoms with Crippen molar-refractivity contribution in [1.29, 1.82) is 0 Å². The zero-order chi connectivity index (χ0) is 18.5. The van der Waals surface area contributed by atoms with E-state index in [4.69, 9.17) is 16.3 Å². The van der Waals surface area contributed by atoms with E-state index in [9.17, 15) is 9.18 Å². The third kappa shape index (κ3) is 5.66. The minimum absolute atomic E-state index is 0. The molecule has 27 heavy (non-hydrogen) atoms. The van der Waals surface area contributed by atoms with Crippen LogP contribution in [0.1, 0.15) is 29.2 Å². The van der Waals surface area contributed by atoms with Gasteiger partial charge in [0, 0.05) is 24.0 Å². The summed E-state index contributed by atoms with van der Waals surface area (Å²) in [5.74, 6) is -0.388. The monoisotopic (exact) mass is 412 g/mol. The molecule has 0 aliphatic carbocycles. The molecule has 7 heteroatoms. The zero-order valence-corrected chi connectivity index (χ0v) is 16.6. The van der Waals surface area contributed by atoms with Crippen molar-refractivity contribution in [2.75, 3.05) is 19.8 Å². The van der Waals surface area contributed by atoms with Gasteiger partial charge in [0.15, 0.2) is 0 Å². The fourth-order valence-corrected chi connectivity index (χ4v) is 3.34. The van der Waals surface area contributed by atoms with Gasteiger partial charge in [0.25, 0.3) is 0 Å². The van der Waals surface area contributed by atoms with Crippen molar-refractivity contribution < 1.29 is 13.9 Å². The van der Waals surface area contributed by atoms with Crippen LogP contribution >= 0.6 is 24.0 Å². The van der Waals surface area contributed by atoms with Crippen molar-refractivity contribution in [2.24, 2.45) is 0 Å². The average Bonchev–Trinajstić information content (AvgIpc) is 2.64. The third-order valence-corrected chi connectivity index (χ3v) is 4.81. The molecule has 1 saturated heterocycles. The predicted molar refractivity (Wildman–Crippen MR) is 107 cm³/mol. The number of benzene rings is 2. The van der Waals surface area contributed by atoms with E-state index in [0.717, 1.165) is 17.7 Å². The first-order chi connectivity index (χ1) is 12.5. The number of hydrogen-bond donors (Lipinski definition) is 2. The van der Waals surface area contributed by atoms with E-state index >= 15 is 0 Å². The van der Waals surface area contributed by atoms with Gasteiger partial charge in [-0.2, -0.15) is 0 Å². The molecule has 3 rings (SSSR count). The van der Waals surface area contributed by atoms with Crippen LogP contribution in [0.2, 0.25) is 5.02 Å². The maximum Gasteiger partial charge on any atom is 0.222 e. The summed E-state index contributed by atoms with van der Waals surface area (Å²) in [6, 6.07) is 11.7. The largest absolute Gasteiger partial charge is 0.378 e. The van der Waals surface area contributed by atoms with Crippen LogP contribution in [0.4, 0.5) is 4.39 Å². The Morgan fingerprint density at radius 1 is 1.37 bits per heavy atom. The fourth-order valence-electron chi connectivity index (χ4n) is 3.09. The molecular weight excluding hydrogens is 390 g/mol. The van der Waals surface area contributed by atoms with Crippen LogP contribution in [-0.2, 0) is 9.53 Å². The second-order valence-electron chi connectivity index (χ2n) is 6.46. The fraction of sp³-hybridized carbons (Fsp3) is 0.350. The summed E-state index contributed by atoms with van der Waals surface area (Å²) >= 11 is 6.36. The van der Waals surface area contributed by atoms with Gasteiger partial charge >= 0.3 is 0 Å². The van der Waals surface area contributed by atoms with Crippen molar-refractivity contribution in [2.45, 2.75) is 25.4 Å². The quantitative estimate of drug-likeness (QED) is 0.784. The van der Waals surface area contributed by atoms with Crippen molar-refractivity contribution in [3.8, 4) is 0 Å². The van der Waals surface area contributed by atoms with Crippen molar-refractivity contribution in [3.63, 3.8) is 0 Å². The van der Waals surface area contributed by atoms with Crippen molar-refractivity contribution in [3.05, 3.63) is 70.0 Å². The molecule has 1 aliphatic rings. The Hall–Kier alpha value is -1.66. The average molecular weight is 413 g/mol. The summed E-state index contributed by atoms with van der Waals surface area (Å²) in [6.07, 6.45) is 0.307. The van der Waals surface area contributed by atoms with E-state index in [1.54, 1.807) is 25.1 Å². The van der Waals surface area contributed by atoms with Crippen LogP contribution in [0.5, 0.6) is 0 Å². The molecule has 2 aromatic carbocycles. The van der Waals surface area contributed by atoms with Gasteiger partial charge in [0.05, 0.1) is 19.3 Å². The molecule has 2 aromatic rings. The van der Waals surface area contributed by atoms with E-state index in [0.29, 0.717) is 30.2 Å². The standard InChI is InChI=1S/C20H22ClFN2O2.ClH/c1-13-10-14(6-7-18(13)22)20(16-4-2-3-5-17(16)21)24-19(25)11-15-12-26-9-8-23-15;/h2-7,10,15,20,23H,8-9,11-12H2,1H3,(H,24,25);1H. The number of nitrogens with one attached hydrogen (secondary N) is 2. The highest BCUT2D eigenvalue weighted by molar-refractivity contribution is 6.31. The molecule has 1 amide bonds. The Morgan fingerprint density at radius 2 is 2.15 bits per heavy atom. The van der Waals surface area contributed by atoms with Gasteiger partial charge < -0.3 is 15.4 Å². The van der Waals surface area contributed by atoms with Gasteiger partial charge in [-0.25, -0.2) is 4.39 Å². The van der Waals surface area contributed by atoms with Gasteiger partial charge in [-0.05, 0) is 35.7 Å². The smallest absolute Gasteiger partial charge is 0.222 e. The van der Waals surface area contributed by atoms with E-state index < -0.39 is 6.04 Å². The van der Waals surface area contributed by atoms with Gasteiger partial charge in [-0.1, -0.05) is 41.9 Å². The molecule has 1 heterocycles. The first-order valence-electron chi connectivity index (χ1n) is 8.65. The van der Waals surface area contributed by atoms with E-state index in [1.165, 1.54) is 6.07 Å². The number of carbonyl (C=O) groups is 1. The first kappa shape index (κ1) is 21.6. The molecule has 146 valence electrons. The topological polar surface area (TPSA) is 50.4 Å². The van der Waals surface area contributed by atoms with Gasteiger partial charge in [0.2, 0.25) is 5.91 Å². The number of halogens is 3. The highest BCUT2D eigenvalue weighted by Crippen LogP contribution is 2.29. The molecule has 4 nitrogen and oxygen atoms in total. The number of ether oxygens (including phenoxy) is 1.